The smallest absolute Gasteiger partial charge is 0.0282 e. The van der Waals surface area contributed by atoms with E-state index in [1.807, 2.05) is 0 Å². The van der Waals surface area contributed by atoms with Crippen LogP contribution in [0.15, 0.2) is 0 Å². The third-order valence-corrected chi connectivity index (χ3v) is 2.97. The van der Waals surface area contributed by atoms with E-state index in [0.29, 0.717) is 0 Å². The molecule has 0 amide bonds. The van der Waals surface area contributed by atoms with Gasteiger partial charge >= 0.3 is 0 Å². The van der Waals surface area contributed by atoms with Gasteiger partial charge in [0.05, 0.1) is 0 Å². The number of nitrogens with two attached hydrogens (primary N) is 1. The van der Waals surface area contributed by atoms with Crippen molar-refractivity contribution in [2.75, 3.05) is 13.1 Å². The number of rotatable bonds is 5. The molecule has 1 unspecified atom stereocenters. The number of hydrogen-bond donors (Lipinski definition) is 2. The van der Waals surface area contributed by atoms with Crippen molar-refractivity contribution in [3.63, 3.8) is 0 Å². The molecule has 1 rings (SSSR count). The lowest BCUT2D eigenvalue weighted by Gasteiger charge is -2.17. The fraction of sp³-hybridized carbons (Fsp3) is 1.00. The third kappa shape index (κ3) is 3.11. The molecule has 12 heavy (non-hydrogen) atoms. The predicted molar refractivity (Wildman–Crippen MR) is 53.0 cm³/mol. The summed E-state index contributed by atoms with van der Waals surface area (Å²) in [5.74, 6) is 1.53. The second-order valence-electron chi connectivity index (χ2n) is 4.71. The maximum Gasteiger partial charge on any atom is 0.0282 e. The number of nitrogens with one attached hydrogen (secondary N) is 1. The van der Waals surface area contributed by atoms with Crippen molar-refractivity contribution in [3.05, 3.63) is 0 Å². The number of hydrogen-bond acceptors (Lipinski definition) is 2. The molecule has 2 heteroatoms. The summed E-state index contributed by atoms with van der Waals surface area (Å²) in [7, 11) is 0. The molecule has 0 heterocycles. The molecule has 72 valence electrons. The zero-order valence-electron chi connectivity index (χ0n) is 8.56. The highest BCUT2D eigenvalue weighted by atomic mass is 15.0. The van der Waals surface area contributed by atoms with Crippen molar-refractivity contribution < 1.29 is 0 Å². The first-order valence-electron chi connectivity index (χ1n) is 5.03. The predicted octanol–water partition coefficient (Wildman–Crippen LogP) is 1.36. The lowest BCUT2D eigenvalue weighted by molar-refractivity contribution is 0.385. The average molecular weight is 170 g/mol. The summed E-state index contributed by atoms with van der Waals surface area (Å²) in [6, 6.07) is 0. The molecule has 1 saturated carbocycles. The maximum absolute atomic E-state index is 5.95. The van der Waals surface area contributed by atoms with Gasteiger partial charge in [-0.2, -0.15) is 0 Å². The van der Waals surface area contributed by atoms with E-state index in [-0.39, 0.29) is 5.54 Å². The van der Waals surface area contributed by atoms with Crippen LogP contribution in [0, 0.1) is 11.8 Å². The van der Waals surface area contributed by atoms with Crippen molar-refractivity contribution in [1.29, 1.82) is 0 Å². The first-order chi connectivity index (χ1) is 5.53. The van der Waals surface area contributed by atoms with Gasteiger partial charge < -0.3 is 11.1 Å². The Hall–Kier alpha value is -0.0800. The highest BCUT2D eigenvalue weighted by Gasteiger charge is 2.37. The Morgan fingerprint density at radius 2 is 1.92 bits per heavy atom. The van der Waals surface area contributed by atoms with E-state index >= 15 is 0 Å². The van der Waals surface area contributed by atoms with Crippen molar-refractivity contribution in [2.24, 2.45) is 17.6 Å². The Labute approximate surface area is 75.9 Å². The van der Waals surface area contributed by atoms with Gasteiger partial charge in [-0.05, 0) is 31.2 Å². The second kappa shape index (κ2) is 3.75. The molecular formula is C10H22N2. The van der Waals surface area contributed by atoms with Crippen LogP contribution in [0.2, 0.25) is 0 Å². The normalized spacial score (nSPS) is 22.8. The summed E-state index contributed by atoms with van der Waals surface area (Å²) in [4.78, 5) is 0. The molecule has 0 saturated heterocycles. The minimum atomic E-state index is 0.163. The molecule has 1 aliphatic rings. The summed E-state index contributed by atoms with van der Waals surface area (Å²) in [5.41, 5.74) is 6.11. The standard InChI is InChI=1S/C10H22N2/c1-8(2)9(3)6-12-7-10(11)4-5-10/h8-9,12H,4-7,11H2,1-3H3. The van der Waals surface area contributed by atoms with Crippen LogP contribution in [-0.4, -0.2) is 18.6 Å². The fourth-order valence-corrected chi connectivity index (χ4v) is 1.12. The summed E-state index contributed by atoms with van der Waals surface area (Å²) in [5, 5.41) is 3.44. The minimum absolute atomic E-state index is 0.163. The Kier molecular flexibility index (Phi) is 3.13. The highest BCUT2D eigenvalue weighted by molar-refractivity contribution is 5.00. The van der Waals surface area contributed by atoms with E-state index in [9.17, 15) is 0 Å². The van der Waals surface area contributed by atoms with Crippen LogP contribution in [-0.2, 0) is 0 Å². The lowest BCUT2D eigenvalue weighted by Crippen LogP contribution is -2.38. The summed E-state index contributed by atoms with van der Waals surface area (Å²) >= 11 is 0. The largest absolute Gasteiger partial charge is 0.324 e. The zero-order valence-corrected chi connectivity index (χ0v) is 8.56. The van der Waals surface area contributed by atoms with Crippen LogP contribution < -0.4 is 11.1 Å². The van der Waals surface area contributed by atoms with Gasteiger partial charge in [0.25, 0.3) is 0 Å². The van der Waals surface area contributed by atoms with Gasteiger partial charge in [-0.1, -0.05) is 20.8 Å². The van der Waals surface area contributed by atoms with Gasteiger partial charge in [0, 0.05) is 12.1 Å². The van der Waals surface area contributed by atoms with Crippen LogP contribution in [0.25, 0.3) is 0 Å². The monoisotopic (exact) mass is 170 g/mol. The molecule has 0 aliphatic heterocycles. The first kappa shape index (κ1) is 10.0. The Balaban J connectivity index is 2.02. The quantitative estimate of drug-likeness (QED) is 0.654. The fourth-order valence-electron chi connectivity index (χ4n) is 1.12. The van der Waals surface area contributed by atoms with Crippen LogP contribution in [0.5, 0.6) is 0 Å². The van der Waals surface area contributed by atoms with Crippen LogP contribution in [0.1, 0.15) is 33.6 Å². The third-order valence-electron chi connectivity index (χ3n) is 2.97. The van der Waals surface area contributed by atoms with E-state index < -0.39 is 0 Å². The van der Waals surface area contributed by atoms with E-state index in [0.717, 1.165) is 24.9 Å². The Bertz CT molecular complexity index is 139. The van der Waals surface area contributed by atoms with Gasteiger partial charge in [-0.25, -0.2) is 0 Å². The van der Waals surface area contributed by atoms with E-state index in [1.165, 1.54) is 12.8 Å². The average Bonchev–Trinajstić information content (AvgIpc) is 2.68. The van der Waals surface area contributed by atoms with Crippen LogP contribution in [0.4, 0.5) is 0 Å². The SMILES string of the molecule is CC(C)C(C)CNCC1(N)CC1. The molecule has 3 N–H and O–H groups in total. The van der Waals surface area contributed by atoms with Gasteiger partial charge in [0.15, 0.2) is 0 Å². The van der Waals surface area contributed by atoms with Gasteiger partial charge in [0.2, 0.25) is 0 Å². The van der Waals surface area contributed by atoms with Gasteiger partial charge in [-0.15, -0.1) is 0 Å². The highest BCUT2D eigenvalue weighted by Crippen LogP contribution is 2.30. The molecule has 0 aromatic heterocycles. The van der Waals surface area contributed by atoms with E-state index in [1.54, 1.807) is 0 Å². The van der Waals surface area contributed by atoms with Crippen LogP contribution in [0.3, 0.4) is 0 Å². The summed E-state index contributed by atoms with van der Waals surface area (Å²) < 4.78 is 0. The van der Waals surface area contributed by atoms with E-state index in [4.69, 9.17) is 5.73 Å². The van der Waals surface area contributed by atoms with Gasteiger partial charge in [0.1, 0.15) is 0 Å². The Morgan fingerprint density at radius 3 is 2.33 bits per heavy atom. The van der Waals surface area contributed by atoms with Crippen molar-refractivity contribution in [1.82, 2.24) is 5.32 Å². The summed E-state index contributed by atoms with van der Waals surface area (Å²) in [6.45, 7) is 8.93. The van der Waals surface area contributed by atoms with Crippen LogP contribution >= 0.6 is 0 Å². The molecule has 0 bridgehead atoms. The topological polar surface area (TPSA) is 38.0 Å². The van der Waals surface area contributed by atoms with E-state index in [2.05, 4.69) is 26.1 Å². The Morgan fingerprint density at radius 1 is 1.33 bits per heavy atom. The molecule has 1 aliphatic carbocycles. The molecule has 1 fully saturated rings. The lowest BCUT2D eigenvalue weighted by atomic mass is 9.98. The molecule has 0 aromatic rings. The van der Waals surface area contributed by atoms with Crippen molar-refractivity contribution >= 4 is 0 Å². The summed E-state index contributed by atoms with van der Waals surface area (Å²) in [6.07, 6.45) is 2.41. The molecule has 0 aromatic carbocycles. The van der Waals surface area contributed by atoms with Crippen molar-refractivity contribution in [3.8, 4) is 0 Å². The zero-order chi connectivity index (χ0) is 9.19. The molecular weight excluding hydrogens is 148 g/mol. The molecule has 1 atom stereocenters. The maximum atomic E-state index is 5.95. The molecule has 0 spiro atoms. The minimum Gasteiger partial charge on any atom is -0.324 e. The molecule has 2 nitrogen and oxygen atoms in total. The van der Waals surface area contributed by atoms with Crippen molar-refractivity contribution in [2.45, 2.75) is 39.2 Å². The first-order valence-corrected chi connectivity index (χ1v) is 5.03. The van der Waals surface area contributed by atoms with Gasteiger partial charge in [-0.3, -0.25) is 0 Å². The molecule has 0 radical (unpaired) electrons. The second-order valence-corrected chi connectivity index (χ2v) is 4.71.